The van der Waals surface area contributed by atoms with E-state index < -0.39 is 0 Å². The first-order valence-electron chi connectivity index (χ1n) is 6.99. The number of aryl methyl sites for hydroxylation is 1. The standard InChI is InChI=1S/C16H19N3/c1-12(13-7-3-2-4-8-13)19-16-14-9-5-6-10-15(14)17-11-18-16/h2-4,7-8,11-12H,5-6,9-10H2,1H3,(H,17,18,19). The SMILES string of the molecule is CC(Nc1ncnc2c1CCCC2)c1ccccc1. The summed E-state index contributed by atoms with van der Waals surface area (Å²) in [5.74, 6) is 1.01. The van der Waals surface area contributed by atoms with E-state index in [0.29, 0.717) is 0 Å². The minimum atomic E-state index is 0.266. The Hall–Kier alpha value is -1.90. The molecule has 0 bridgehead atoms. The molecule has 3 nitrogen and oxygen atoms in total. The maximum absolute atomic E-state index is 4.44. The Morgan fingerprint density at radius 3 is 2.68 bits per heavy atom. The number of hydrogen-bond acceptors (Lipinski definition) is 3. The zero-order valence-corrected chi connectivity index (χ0v) is 11.3. The highest BCUT2D eigenvalue weighted by Gasteiger charge is 2.16. The second-order valence-electron chi connectivity index (χ2n) is 5.13. The lowest BCUT2D eigenvalue weighted by Gasteiger charge is -2.21. The van der Waals surface area contributed by atoms with Gasteiger partial charge in [0.1, 0.15) is 12.1 Å². The summed E-state index contributed by atoms with van der Waals surface area (Å²) < 4.78 is 0. The summed E-state index contributed by atoms with van der Waals surface area (Å²) in [7, 11) is 0. The quantitative estimate of drug-likeness (QED) is 0.909. The van der Waals surface area contributed by atoms with Crippen molar-refractivity contribution in [1.82, 2.24) is 9.97 Å². The summed E-state index contributed by atoms with van der Waals surface area (Å²) in [4.78, 5) is 8.84. The molecule has 2 aromatic rings. The zero-order valence-electron chi connectivity index (χ0n) is 11.3. The molecule has 0 amide bonds. The van der Waals surface area contributed by atoms with Gasteiger partial charge in [0.15, 0.2) is 0 Å². The number of nitrogens with one attached hydrogen (secondary N) is 1. The van der Waals surface area contributed by atoms with Gasteiger partial charge in [-0.3, -0.25) is 0 Å². The van der Waals surface area contributed by atoms with E-state index in [9.17, 15) is 0 Å². The van der Waals surface area contributed by atoms with Gasteiger partial charge >= 0.3 is 0 Å². The Balaban J connectivity index is 1.84. The van der Waals surface area contributed by atoms with Gasteiger partial charge in [-0.05, 0) is 38.2 Å². The topological polar surface area (TPSA) is 37.8 Å². The average Bonchev–Trinajstić information content (AvgIpc) is 2.48. The number of anilines is 1. The number of aromatic nitrogens is 2. The van der Waals surface area contributed by atoms with E-state index in [0.717, 1.165) is 18.7 Å². The van der Waals surface area contributed by atoms with Crippen LogP contribution >= 0.6 is 0 Å². The largest absolute Gasteiger partial charge is 0.363 e. The van der Waals surface area contributed by atoms with Gasteiger partial charge in [-0.1, -0.05) is 30.3 Å². The molecular weight excluding hydrogens is 234 g/mol. The van der Waals surface area contributed by atoms with Crippen LogP contribution in [0.5, 0.6) is 0 Å². The van der Waals surface area contributed by atoms with Crippen molar-refractivity contribution >= 4 is 5.82 Å². The van der Waals surface area contributed by atoms with E-state index >= 15 is 0 Å². The zero-order chi connectivity index (χ0) is 13.1. The maximum atomic E-state index is 4.44. The highest BCUT2D eigenvalue weighted by molar-refractivity contribution is 5.48. The van der Waals surface area contributed by atoms with E-state index in [1.807, 2.05) is 6.07 Å². The van der Waals surface area contributed by atoms with Gasteiger partial charge in [0.25, 0.3) is 0 Å². The van der Waals surface area contributed by atoms with Crippen LogP contribution in [0, 0.1) is 0 Å². The normalized spacial score (nSPS) is 15.6. The Morgan fingerprint density at radius 1 is 1.05 bits per heavy atom. The van der Waals surface area contributed by atoms with Crippen molar-refractivity contribution < 1.29 is 0 Å². The number of nitrogens with zero attached hydrogens (tertiary/aromatic N) is 2. The second kappa shape index (κ2) is 5.39. The summed E-state index contributed by atoms with van der Waals surface area (Å²) in [6.45, 7) is 2.17. The number of fused-ring (bicyclic) bond motifs is 1. The summed E-state index contributed by atoms with van der Waals surface area (Å²) in [6, 6.07) is 10.7. The molecule has 0 fully saturated rings. The molecular formula is C16H19N3. The van der Waals surface area contributed by atoms with Crippen molar-refractivity contribution in [2.45, 2.75) is 38.6 Å². The minimum absolute atomic E-state index is 0.266. The minimum Gasteiger partial charge on any atom is -0.363 e. The van der Waals surface area contributed by atoms with Crippen LogP contribution in [0.1, 0.15) is 42.6 Å². The molecule has 1 unspecified atom stereocenters. The molecule has 0 saturated heterocycles. The molecule has 98 valence electrons. The van der Waals surface area contributed by atoms with Gasteiger partial charge in [0.2, 0.25) is 0 Å². The van der Waals surface area contributed by atoms with Gasteiger partial charge in [-0.25, -0.2) is 9.97 Å². The molecule has 1 aliphatic rings. The van der Waals surface area contributed by atoms with Crippen LogP contribution < -0.4 is 5.32 Å². The molecule has 0 spiro atoms. The van der Waals surface area contributed by atoms with E-state index in [-0.39, 0.29) is 6.04 Å². The van der Waals surface area contributed by atoms with Crippen LogP contribution in [-0.4, -0.2) is 9.97 Å². The highest BCUT2D eigenvalue weighted by Crippen LogP contribution is 2.27. The predicted octanol–water partition coefficient (Wildman–Crippen LogP) is 3.53. The summed E-state index contributed by atoms with van der Waals surface area (Å²) >= 11 is 0. The number of hydrogen-bond donors (Lipinski definition) is 1. The Bertz CT molecular complexity index is 551. The van der Waals surface area contributed by atoms with Crippen LogP contribution in [0.3, 0.4) is 0 Å². The molecule has 1 aromatic carbocycles. The molecule has 3 rings (SSSR count). The Labute approximate surface area is 114 Å². The first kappa shape index (κ1) is 12.2. The summed E-state index contributed by atoms with van der Waals surface area (Å²) in [5, 5.41) is 3.54. The van der Waals surface area contributed by atoms with Crippen molar-refractivity contribution in [2.24, 2.45) is 0 Å². The fourth-order valence-corrected chi connectivity index (χ4v) is 2.68. The van der Waals surface area contributed by atoms with Gasteiger partial charge in [0, 0.05) is 17.3 Å². The van der Waals surface area contributed by atoms with Gasteiger partial charge in [-0.15, -0.1) is 0 Å². The van der Waals surface area contributed by atoms with Crippen LogP contribution in [0.15, 0.2) is 36.7 Å². The van der Waals surface area contributed by atoms with Crippen LogP contribution in [0.25, 0.3) is 0 Å². The molecule has 1 heterocycles. The third-order valence-electron chi connectivity index (χ3n) is 3.78. The summed E-state index contributed by atoms with van der Waals surface area (Å²) in [6.07, 6.45) is 6.36. The van der Waals surface area contributed by atoms with Crippen molar-refractivity contribution in [2.75, 3.05) is 5.32 Å². The monoisotopic (exact) mass is 253 g/mol. The second-order valence-corrected chi connectivity index (χ2v) is 5.13. The van der Waals surface area contributed by atoms with Crippen molar-refractivity contribution in [1.29, 1.82) is 0 Å². The average molecular weight is 253 g/mol. The molecule has 19 heavy (non-hydrogen) atoms. The van der Waals surface area contributed by atoms with Crippen molar-refractivity contribution in [3.63, 3.8) is 0 Å². The first-order chi connectivity index (χ1) is 9.34. The number of rotatable bonds is 3. The van der Waals surface area contributed by atoms with E-state index in [1.54, 1.807) is 6.33 Å². The molecule has 1 aromatic heterocycles. The molecule has 0 saturated carbocycles. The third kappa shape index (κ3) is 2.60. The van der Waals surface area contributed by atoms with E-state index in [2.05, 4.69) is 46.5 Å². The molecule has 1 aliphatic carbocycles. The lowest BCUT2D eigenvalue weighted by molar-refractivity contribution is 0.661. The van der Waals surface area contributed by atoms with Gasteiger partial charge in [0.05, 0.1) is 0 Å². The van der Waals surface area contributed by atoms with Crippen molar-refractivity contribution in [3.05, 3.63) is 53.5 Å². The Morgan fingerprint density at radius 2 is 1.84 bits per heavy atom. The lowest BCUT2D eigenvalue weighted by atomic mass is 9.96. The Kier molecular flexibility index (Phi) is 3.45. The van der Waals surface area contributed by atoms with Crippen LogP contribution in [-0.2, 0) is 12.8 Å². The van der Waals surface area contributed by atoms with Crippen LogP contribution in [0.4, 0.5) is 5.82 Å². The fourth-order valence-electron chi connectivity index (χ4n) is 2.68. The third-order valence-corrected chi connectivity index (χ3v) is 3.78. The summed E-state index contributed by atoms with van der Waals surface area (Å²) in [5.41, 5.74) is 3.83. The predicted molar refractivity (Wildman–Crippen MR) is 77.2 cm³/mol. The van der Waals surface area contributed by atoms with Crippen molar-refractivity contribution in [3.8, 4) is 0 Å². The fraction of sp³-hybridized carbons (Fsp3) is 0.375. The van der Waals surface area contributed by atoms with Gasteiger partial charge in [-0.2, -0.15) is 0 Å². The molecule has 1 N–H and O–H groups in total. The van der Waals surface area contributed by atoms with E-state index in [4.69, 9.17) is 0 Å². The maximum Gasteiger partial charge on any atom is 0.133 e. The molecule has 1 atom stereocenters. The molecule has 0 radical (unpaired) electrons. The smallest absolute Gasteiger partial charge is 0.133 e. The molecule has 3 heteroatoms. The highest BCUT2D eigenvalue weighted by atomic mass is 15.0. The number of benzene rings is 1. The molecule has 0 aliphatic heterocycles. The van der Waals surface area contributed by atoms with Crippen LogP contribution in [0.2, 0.25) is 0 Å². The van der Waals surface area contributed by atoms with Gasteiger partial charge < -0.3 is 5.32 Å². The lowest BCUT2D eigenvalue weighted by Crippen LogP contribution is -2.14. The van der Waals surface area contributed by atoms with E-state index in [1.165, 1.54) is 29.7 Å². The first-order valence-corrected chi connectivity index (χ1v) is 6.99.